The normalized spacial score (nSPS) is 27.0. The predicted octanol–water partition coefficient (Wildman–Crippen LogP) is 4.98. The lowest BCUT2D eigenvalue weighted by Gasteiger charge is -2.32. The Balaban J connectivity index is 1.89. The van der Waals surface area contributed by atoms with E-state index in [1.807, 2.05) is 13.0 Å². The number of aliphatic hydroxyl groups excluding tert-OH is 1. The quantitative estimate of drug-likeness (QED) is 0.348. The number of hydrogen-bond donors (Lipinski definition) is 2. The first-order chi connectivity index (χ1) is 13.0. The summed E-state index contributed by atoms with van der Waals surface area (Å²) in [5.74, 6) is 0.437. The molecule has 1 aliphatic heterocycles. The van der Waals surface area contributed by atoms with Crippen molar-refractivity contribution in [1.29, 1.82) is 0 Å². The summed E-state index contributed by atoms with van der Waals surface area (Å²) in [5, 5.41) is 19.6. The van der Waals surface area contributed by atoms with E-state index in [1.165, 1.54) is 32.1 Å². The van der Waals surface area contributed by atoms with Gasteiger partial charge >= 0.3 is 0 Å². The largest absolute Gasteiger partial charge is 0.396 e. The smallest absolute Gasteiger partial charge is 0.171 e. The van der Waals surface area contributed by atoms with E-state index in [9.17, 15) is 5.11 Å². The number of hydrogen-bond acceptors (Lipinski definition) is 4. The van der Waals surface area contributed by atoms with Gasteiger partial charge < -0.3 is 19.7 Å². The Bertz CT molecular complexity index is 426. The van der Waals surface area contributed by atoms with E-state index in [2.05, 4.69) is 13.0 Å². The van der Waals surface area contributed by atoms with Gasteiger partial charge in [0.05, 0.1) is 18.8 Å². The number of ether oxygens (including phenoxy) is 2. The zero-order chi connectivity index (χ0) is 19.6. The second-order valence-corrected chi connectivity index (χ2v) is 8.77. The molecule has 0 amide bonds. The van der Waals surface area contributed by atoms with Gasteiger partial charge in [0.2, 0.25) is 0 Å². The van der Waals surface area contributed by atoms with E-state index in [4.69, 9.17) is 14.6 Å². The highest BCUT2D eigenvalue weighted by atomic mass is 16.7. The van der Waals surface area contributed by atoms with Crippen molar-refractivity contribution in [2.75, 3.05) is 19.8 Å². The Morgan fingerprint density at radius 1 is 1.04 bits per heavy atom. The minimum atomic E-state index is -0.711. The summed E-state index contributed by atoms with van der Waals surface area (Å²) in [4.78, 5) is 0. The molecule has 0 radical (unpaired) electrons. The molecule has 3 atom stereocenters. The van der Waals surface area contributed by atoms with Crippen LogP contribution in [0.15, 0.2) is 12.2 Å². The number of aliphatic hydroxyl groups is 2. The molecule has 27 heavy (non-hydrogen) atoms. The van der Waals surface area contributed by atoms with Gasteiger partial charge in [-0.25, -0.2) is 0 Å². The summed E-state index contributed by atoms with van der Waals surface area (Å²) in [5.41, 5.74) is -0.711. The molecule has 2 fully saturated rings. The van der Waals surface area contributed by atoms with E-state index < -0.39 is 5.60 Å². The molecular weight excluding hydrogens is 340 g/mol. The molecule has 2 rings (SSSR count). The van der Waals surface area contributed by atoms with Crippen molar-refractivity contribution in [1.82, 2.24) is 0 Å². The van der Waals surface area contributed by atoms with Gasteiger partial charge in [0.1, 0.15) is 0 Å². The molecule has 0 aromatic rings. The summed E-state index contributed by atoms with van der Waals surface area (Å²) in [7, 11) is 0. The molecule has 4 heteroatoms. The van der Waals surface area contributed by atoms with Crippen LogP contribution in [0.2, 0.25) is 0 Å². The van der Waals surface area contributed by atoms with Gasteiger partial charge in [0, 0.05) is 18.9 Å². The van der Waals surface area contributed by atoms with Gasteiger partial charge in [-0.05, 0) is 38.5 Å². The lowest BCUT2D eigenvalue weighted by Crippen LogP contribution is -2.36. The second-order valence-electron chi connectivity index (χ2n) is 8.77. The average Bonchev–Trinajstić information content (AvgIpc) is 3.25. The van der Waals surface area contributed by atoms with E-state index in [-0.39, 0.29) is 5.79 Å². The Morgan fingerprint density at radius 2 is 1.74 bits per heavy atom. The summed E-state index contributed by atoms with van der Waals surface area (Å²) < 4.78 is 12.2. The van der Waals surface area contributed by atoms with E-state index >= 15 is 0 Å². The van der Waals surface area contributed by atoms with E-state index in [0.717, 1.165) is 44.9 Å². The summed E-state index contributed by atoms with van der Waals surface area (Å²) >= 11 is 0. The van der Waals surface area contributed by atoms with Gasteiger partial charge in [-0.3, -0.25) is 0 Å². The molecule has 4 nitrogen and oxygen atoms in total. The molecule has 1 aliphatic carbocycles. The lowest BCUT2D eigenvalue weighted by atomic mass is 9.85. The van der Waals surface area contributed by atoms with E-state index in [0.29, 0.717) is 31.7 Å². The summed E-state index contributed by atoms with van der Waals surface area (Å²) in [6.45, 7) is 5.84. The zero-order valence-corrected chi connectivity index (χ0v) is 17.6. The second kappa shape index (κ2) is 11.5. The van der Waals surface area contributed by atoms with Crippen LogP contribution in [0.3, 0.4) is 0 Å². The standard InChI is InChI=1S/C23H42O4/c1-3-4-9-14-22(2,25)15-12-20-13-16-23(26-18-19-27-23)21(20)11-8-6-5-7-10-17-24/h12,15,20-21,24-25H,3-11,13-14,16-19H2,1-2H3. The van der Waals surface area contributed by atoms with Crippen molar-refractivity contribution < 1.29 is 19.7 Å². The van der Waals surface area contributed by atoms with Gasteiger partial charge in [0.25, 0.3) is 0 Å². The third-order valence-electron chi connectivity index (χ3n) is 6.35. The van der Waals surface area contributed by atoms with Crippen LogP contribution in [-0.2, 0) is 9.47 Å². The fourth-order valence-corrected chi connectivity index (χ4v) is 4.73. The van der Waals surface area contributed by atoms with Crippen LogP contribution >= 0.6 is 0 Å². The third kappa shape index (κ3) is 7.16. The van der Waals surface area contributed by atoms with Crippen LogP contribution in [0.5, 0.6) is 0 Å². The van der Waals surface area contributed by atoms with Crippen LogP contribution in [0.25, 0.3) is 0 Å². The fraction of sp³-hybridized carbons (Fsp3) is 0.913. The molecule has 2 N–H and O–H groups in total. The minimum Gasteiger partial charge on any atom is -0.396 e. The van der Waals surface area contributed by atoms with E-state index in [1.54, 1.807) is 0 Å². The average molecular weight is 383 g/mol. The predicted molar refractivity (Wildman–Crippen MR) is 110 cm³/mol. The van der Waals surface area contributed by atoms with Crippen LogP contribution < -0.4 is 0 Å². The topological polar surface area (TPSA) is 58.9 Å². The molecule has 1 heterocycles. The SMILES string of the molecule is CCCCCC(C)(O)C=CC1CCC2(OCCO2)C1CCCCCCCO. The van der Waals surface area contributed by atoms with Crippen molar-refractivity contribution in [3.05, 3.63) is 12.2 Å². The highest BCUT2D eigenvalue weighted by molar-refractivity contribution is 5.07. The fourth-order valence-electron chi connectivity index (χ4n) is 4.73. The van der Waals surface area contributed by atoms with Crippen molar-refractivity contribution in [3.8, 4) is 0 Å². The van der Waals surface area contributed by atoms with Crippen LogP contribution in [0, 0.1) is 11.8 Å². The van der Waals surface area contributed by atoms with Gasteiger partial charge in [-0.1, -0.05) is 64.0 Å². The third-order valence-corrected chi connectivity index (χ3v) is 6.35. The number of rotatable bonds is 13. The van der Waals surface area contributed by atoms with Crippen LogP contribution in [-0.4, -0.2) is 41.4 Å². The molecule has 2 aliphatic rings. The molecule has 158 valence electrons. The maximum absolute atomic E-state index is 10.7. The highest BCUT2D eigenvalue weighted by Crippen LogP contribution is 2.49. The van der Waals surface area contributed by atoms with Crippen LogP contribution in [0.1, 0.15) is 90.9 Å². The van der Waals surface area contributed by atoms with Crippen LogP contribution in [0.4, 0.5) is 0 Å². The first kappa shape index (κ1) is 22.9. The summed E-state index contributed by atoms with van der Waals surface area (Å²) in [6, 6.07) is 0. The van der Waals surface area contributed by atoms with Crippen molar-refractivity contribution in [3.63, 3.8) is 0 Å². The Kier molecular flexibility index (Phi) is 9.78. The first-order valence-corrected chi connectivity index (χ1v) is 11.3. The van der Waals surface area contributed by atoms with Gasteiger partial charge in [-0.2, -0.15) is 0 Å². The molecule has 1 saturated heterocycles. The van der Waals surface area contributed by atoms with Gasteiger partial charge in [0.15, 0.2) is 5.79 Å². The van der Waals surface area contributed by atoms with Crippen molar-refractivity contribution in [2.24, 2.45) is 11.8 Å². The monoisotopic (exact) mass is 382 g/mol. The minimum absolute atomic E-state index is 0.304. The maximum atomic E-state index is 10.7. The van der Waals surface area contributed by atoms with Gasteiger partial charge in [-0.15, -0.1) is 0 Å². The summed E-state index contributed by atoms with van der Waals surface area (Å²) in [6.07, 6.45) is 17.3. The highest BCUT2D eigenvalue weighted by Gasteiger charge is 2.51. The number of unbranched alkanes of at least 4 members (excludes halogenated alkanes) is 6. The first-order valence-electron chi connectivity index (χ1n) is 11.3. The molecular formula is C23H42O4. The molecule has 0 aromatic carbocycles. The number of allylic oxidation sites excluding steroid dienone is 1. The Labute approximate surface area is 166 Å². The molecule has 0 aromatic heterocycles. The van der Waals surface area contributed by atoms with Crippen molar-refractivity contribution >= 4 is 0 Å². The lowest BCUT2D eigenvalue weighted by molar-refractivity contribution is -0.186. The van der Waals surface area contributed by atoms with Crippen molar-refractivity contribution in [2.45, 2.75) is 102 Å². The molecule has 0 bridgehead atoms. The maximum Gasteiger partial charge on any atom is 0.171 e. The Morgan fingerprint density at radius 3 is 2.44 bits per heavy atom. The molecule has 3 unspecified atom stereocenters. The Hall–Kier alpha value is -0.420. The molecule has 1 saturated carbocycles. The zero-order valence-electron chi connectivity index (χ0n) is 17.6. The molecule has 1 spiro atoms.